The van der Waals surface area contributed by atoms with E-state index < -0.39 is 5.82 Å². The normalized spacial score (nSPS) is 10.6. The first-order valence-electron chi connectivity index (χ1n) is 8.63. The lowest BCUT2D eigenvalue weighted by atomic mass is 10.1. The number of carbonyl (C=O) groups excluding carboxylic acids is 2. The van der Waals surface area contributed by atoms with E-state index in [9.17, 15) is 14.0 Å². The molecule has 0 atom stereocenters. The zero-order valence-electron chi connectivity index (χ0n) is 16.4. The van der Waals surface area contributed by atoms with Gasteiger partial charge in [-0.2, -0.15) is 0 Å². The van der Waals surface area contributed by atoms with Crippen LogP contribution < -0.4 is 4.90 Å². The number of rotatable bonds is 7. The molecule has 0 unspecified atom stereocenters. The molecule has 1 heterocycles. The van der Waals surface area contributed by atoms with Crippen molar-refractivity contribution in [3.63, 3.8) is 0 Å². The van der Waals surface area contributed by atoms with Crippen LogP contribution in [0.25, 0.3) is 0 Å². The van der Waals surface area contributed by atoms with Gasteiger partial charge in [-0.25, -0.2) is 9.37 Å². The van der Waals surface area contributed by atoms with Crippen molar-refractivity contribution in [3.05, 3.63) is 47.8 Å². The summed E-state index contributed by atoms with van der Waals surface area (Å²) >= 11 is 0. The van der Waals surface area contributed by atoms with E-state index in [0.717, 1.165) is 5.69 Å². The fourth-order valence-corrected chi connectivity index (χ4v) is 2.57. The van der Waals surface area contributed by atoms with E-state index in [2.05, 4.69) is 4.98 Å². The molecule has 7 nitrogen and oxygen atoms in total. The Morgan fingerprint density at radius 1 is 1.11 bits per heavy atom. The van der Waals surface area contributed by atoms with Crippen molar-refractivity contribution in [2.24, 2.45) is 0 Å². The van der Waals surface area contributed by atoms with Crippen molar-refractivity contribution >= 4 is 17.5 Å². The Morgan fingerprint density at radius 3 is 2.33 bits per heavy atom. The van der Waals surface area contributed by atoms with Gasteiger partial charge in [-0.15, -0.1) is 0 Å². The Morgan fingerprint density at radius 2 is 1.78 bits per heavy atom. The second kappa shape index (κ2) is 8.66. The number of nitrogens with zero attached hydrogens (tertiary/aromatic N) is 5. The van der Waals surface area contributed by atoms with Crippen LogP contribution in [0.3, 0.4) is 0 Å². The van der Waals surface area contributed by atoms with E-state index in [4.69, 9.17) is 0 Å². The molecule has 0 aliphatic rings. The zero-order chi connectivity index (χ0) is 20.1. The molecule has 0 fully saturated rings. The lowest BCUT2D eigenvalue weighted by Gasteiger charge is -2.23. The minimum absolute atomic E-state index is 0.0710. The van der Waals surface area contributed by atoms with Gasteiger partial charge in [0.05, 0.1) is 12.0 Å². The van der Waals surface area contributed by atoms with Crippen LogP contribution in [-0.2, 0) is 11.3 Å². The predicted molar refractivity (Wildman–Crippen MR) is 102 cm³/mol. The molecule has 8 heteroatoms. The molecule has 146 valence electrons. The summed E-state index contributed by atoms with van der Waals surface area (Å²) in [5, 5.41) is 0. The standard InChI is InChI=1S/C19H26FN5O2/c1-14-11-21-13-25(14)12-18(26)23(4)8-9-24(5)19(27)15-6-7-17(22(2)3)16(20)10-15/h6-7,10-11,13H,8-9,12H2,1-5H3. The van der Waals surface area contributed by atoms with E-state index >= 15 is 0 Å². The maximum absolute atomic E-state index is 14.1. The highest BCUT2D eigenvalue weighted by Gasteiger charge is 2.17. The first-order chi connectivity index (χ1) is 12.7. The third-order valence-corrected chi connectivity index (χ3v) is 4.45. The molecule has 0 radical (unpaired) electrons. The highest BCUT2D eigenvalue weighted by atomic mass is 19.1. The van der Waals surface area contributed by atoms with Gasteiger partial charge in [0.1, 0.15) is 12.4 Å². The zero-order valence-corrected chi connectivity index (χ0v) is 16.4. The number of anilines is 1. The first kappa shape index (κ1) is 20.4. The molecular formula is C19H26FN5O2. The summed E-state index contributed by atoms with van der Waals surface area (Å²) in [7, 11) is 6.81. The molecule has 0 spiro atoms. The molecule has 1 aromatic heterocycles. The summed E-state index contributed by atoms with van der Waals surface area (Å²) in [5.41, 5.74) is 1.62. The summed E-state index contributed by atoms with van der Waals surface area (Å²) in [6, 6.07) is 4.43. The van der Waals surface area contributed by atoms with E-state index in [1.807, 2.05) is 6.92 Å². The molecular weight excluding hydrogens is 349 g/mol. The van der Waals surface area contributed by atoms with Crippen LogP contribution in [0.4, 0.5) is 10.1 Å². The Kier molecular flexibility index (Phi) is 6.55. The highest BCUT2D eigenvalue weighted by Crippen LogP contribution is 2.19. The number of imidazole rings is 1. The SMILES string of the molecule is Cc1cncn1CC(=O)N(C)CCN(C)C(=O)c1ccc(N(C)C)c(F)c1. The molecule has 0 saturated carbocycles. The number of hydrogen-bond donors (Lipinski definition) is 0. The largest absolute Gasteiger partial charge is 0.375 e. The molecule has 1 aromatic carbocycles. The Bertz CT molecular complexity index is 818. The van der Waals surface area contributed by atoms with E-state index in [0.29, 0.717) is 18.8 Å². The Balaban J connectivity index is 1.91. The van der Waals surface area contributed by atoms with Crippen LogP contribution >= 0.6 is 0 Å². The summed E-state index contributed by atoms with van der Waals surface area (Å²) in [6.07, 6.45) is 3.31. The second-order valence-electron chi connectivity index (χ2n) is 6.77. The fourth-order valence-electron chi connectivity index (χ4n) is 2.57. The molecule has 0 N–H and O–H groups in total. The maximum Gasteiger partial charge on any atom is 0.253 e. The van der Waals surface area contributed by atoms with Crippen LogP contribution in [0.2, 0.25) is 0 Å². The smallest absolute Gasteiger partial charge is 0.253 e. The van der Waals surface area contributed by atoms with Crippen molar-refractivity contribution < 1.29 is 14.0 Å². The van der Waals surface area contributed by atoms with Crippen LogP contribution in [0, 0.1) is 12.7 Å². The van der Waals surface area contributed by atoms with Crippen LogP contribution in [0.15, 0.2) is 30.7 Å². The quantitative estimate of drug-likeness (QED) is 0.738. The van der Waals surface area contributed by atoms with Crippen molar-refractivity contribution in [2.75, 3.05) is 46.2 Å². The van der Waals surface area contributed by atoms with E-state index in [1.54, 1.807) is 67.2 Å². The van der Waals surface area contributed by atoms with Gasteiger partial charge in [0.15, 0.2) is 0 Å². The number of halogens is 1. The molecule has 0 aliphatic carbocycles. The average Bonchev–Trinajstić information content (AvgIpc) is 3.02. The summed E-state index contributed by atoms with van der Waals surface area (Å²) < 4.78 is 15.9. The van der Waals surface area contributed by atoms with Crippen LogP contribution in [-0.4, -0.2) is 72.4 Å². The topological polar surface area (TPSA) is 61.7 Å². The highest BCUT2D eigenvalue weighted by molar-refractivity contribution is 5.94. The Labute approximate surface area is 159 Å². The van der Waals surface area contributed by atoms with Gasteiger partial charge < -0.3 is 19.3 Å². The molecule has 2 aromatic rings. The van der Waals surface area contributed by atoms with Gasteiger partial charge in [-0.3, -0.25) is 9.59 Å². The molecule has 0 bridgehead atoms. The number of amides is 2. The third kappa shape index (κ3) is 5.06. The minimum atomic E-state index is -0.442. The number of benzene rings is 1. The number of aromatic nitrogens is 2. The monoisotopic (exact) mass is 375 g/mol. The van der Waals surface area contributed by atoms with Gasteiger partial charge in [-0.1, -0.05) is 0 Å². The van der Waals surface area contributed by atoms with Crippen molar-refractivity contribution in [3.8, 4) is 0 Å². The summed E-state index contributed by atoms with van der Waals surface area (Å²) in [4.78, 5) is 33.5. The number of carbonyl (C=O) groups is 2. The maximum atomic E-state index is 14.1. The van der Waals surface area contributed by atoms with Gasteiger partial charge in [0.2, 0.25) is 5.91 Å². The molecule has 0 aliphatic heterocycles. The lowest BCUT2D eigenvalue weighted by Crippen LogP contribution is -2.38. The molecule has 27 heavy (non-hydrogen) atoms. The number of hydrogen-bond acceptors (Lipinski definition) is 4. The minimum Gasteiger partial charge on any atom is -0.375 e. The number of likely N-dealkylation sites (N-methyl/N-ethyl adjacent to an activating group) is 2. The van der Waals surface area contributed by atoms with Gasteiger partial charge >= 0.3 is 0 Å². The number of aryl methyl sites for hydroxylation is 1. The lowest BCUT2D eigenvalue weighted by molar-refractivity contribution is -0.130. The first-order valence-corrected chi connectivity index (χ1v) is 8.63. The second-order valence-corrected chi connectivity index (χ2v) is 6.77. The van der Waals surface area contributed by atoms with E-state index in [1.165, 1.54) is 11.0 Å². The van der Waals surface area contributed by atoms with E-state index in [-0.39, 0.29) is 23.9 Å². The van der Waals surface area contributed by atoms with Crippen LogP contribution in [0.1, 0.15) is 16.1 Å². The van der Waals surface area contributed by atoms with Gasteiger partial charge in [0.25, 0.3) is 5.91 Å². The molecule has 2 amide bonds. The van der Waals surface area contributed by atoms with Gasteiger partial charge in [0, 0.05) is 58.7 Å². The molecule has 0 saturated heterocycles. The van der Waals surface area contributed by atoms with Gasteiger partial charge in [-0.05, 0) is 25.1 Å². The predicted octanol–water partition coefficient (Wildman–Crippen LogP) is 1.63. The van der Waals surface area contributed by atoms with Crippen molar-refractivity contribution in [1.29, 1.82) is 0 Å². The van der Waals surface area contributed by atoms with Crippen molar-refractivity contribution in [2.45, 2.75) is 13.5 Å². The average molecular weight is 375 g/mol. The fraction of sp³-hybridized carbons (Fsp3) is 0.421. The Hall–Kier alpha value is -2.90. The van der Waals surface area contributed by atoms with Crippen LogP contribution in [0.5, 0.6) is 0 Å². The summed E-state index contributed by atoms with van der Waals surface area (Å²) in [5.74, 6) is -0.800. The third-order valence-electron chi connectivity index (χ3n) is 4.45. The van der Waals surface area contributed by atoms with Crippen molar-refractivity contribution in [1.82, 2.24) is 19.4 Å². The summed E-state index contributed by atoms with van der Waals surface area (Å²) in [6.45, 7) is 2.82. The molecule has 2 rings (SSSR count).